The van der Waals surface area contributed by atoms with Crippen LogP contribution in [0, 0.1) is 5.82 Å². The van der Waals surface area contributed by atoms with Crippen molar-refractivity contribution in [3.8, 4) is 0 Å². The molecule has 110 valence electrons. The lowest BCUT2D eigenvalue weighted by Gasteiger charge is -2.17. The van der Waals surface area contributed by atoms with E-state index in [1.165, 1.54) is 23.1 Å². The molecule has 0 unspecified atom stereocenters. The van der Waals surface area contributed by atoms with Crippen molar-refractivity contribution in [3.63, 3.8) is 0 Å². The van der Waals surface area contributed by atoms with Gasteiger partial charge in [0.05, 0.1) is 12.1 Å². The summed E-state index contributed by atoms with van der Waals surface area (Å²) in [6.07, 6.45) is 1.95. The fraction of sp³-hybridized carbons (Fsp3) is 0.357. The molecule has 0 saturated carbocycles. The second-order valence-electron chi connectivity index (χ2n) is 5.07. The normalized spacial score (nSPS) is 13.3. The summed E-state index contributed by atoms with van der Waals surface area (Å²) >= 11 is 5.82. The van der Waals surface area contributed by atoms with Gasteiger partial charge in [-0.3, -0.25) is 4.79 Å². The zero-order chi connectivity index (χ0) is 15.0. The van der Waals surface area contributed by atoms with Crippen LogP contribution in [0.2, 0.25) is 5.02 Å². The summed E-state index contributed by atoms with van der Waals surface area (Å²) in [5.74, 6) is 0.661. The molecule has 3 rings (SSSR count). The van der Waals surface area contributed by atoms with Crippen molar-refractivity contribution in [1.29, 1.82) is 0 Å². The molecular formula is C14H14ClFN4O. The number of carbonyl (C=O) groups is 1. The van der Waals surface area contributed by atoms with Crippen LogP contribution in [-0.4, -0.2) is 32.6 Å². The van der Waals surface area contributed by atoms with E-state index in [1.54, 1.807) is 7.05 Å². The first kappa shape index (κ1) is 14.0. The number of hydrogen-bond acceptors (Lipinski definition) is 3. The summed E-state index contributed by atoms with van der Waals surface area (Å²) in [5.41, 5.74) is -0.0360. The number of nitrogens with zero attached hydrogens (tertiary/aromatic N) is 4. The molecule has 2 heterocycles. The first-order chi connectivity index (χ1) is 10.1. The fourth-order valence-electron chi connectivity index (χ4n) is 2.48. The molecule has 1 amide bonds. The Balaban J connectivity index is 1.80. The van der Waals surface area contributed by atoms with E-state index >= 15 is 0 Å². The van der Waals surface area contributed by atoms with Crippen molar-refractivity contribution < 1.29 is 9.18 Å². The van der Waals surface area contributed by atoms with Crippen molar-refractivity contribution in [3.05, 3.63) is 46.3 Å². The highest BCUT2D eigenvalue weighted by Gasteiger charge is 2.22. The van der Waals surface area contributed by atoms with E-state index in [4.69, 9.17) is 11.6 Å². The topological polar surface area (TPSA) is 51.0 Å². The molecule has 0 saturated heterocycles. The van der Waals surface area contributed by atoms with E-state index in [0.717, 1.165) is 31.0 Å². The zero-order valence-corrected chi connectivity index (χ0v) is 12.3. The Morgan fingerprint density at radius 1 is 1.48 bits per heavy atom. The van der Waals surface area contributed by atoms with E-state index in [-0.39, 0.29) is 12.1 Å². The van der Waals surface area contributed by atoms with Crippen LogP contribution < -0.4 is 0 Å². The summed E-state index contributed by atoms with van der Waals surface area (Å²) in [6.45, 7) is 1.16. The van der Waals surface area contributed by atoms with Crippen LogP contribution in [0.4, 0.5) is 4.39 Å². The summed E-state index contributed by atoms with van der Waals surface area (Å²) in [7, 11) is 1.61. The lowest BCUT2D eigenvalue weighted by Crippen LogP contribution is -2.28. The van der Waals surface area contributed by atoms with Gasteiger partial charge in [-0.25, -0.2) is 4.39 Å². The molecule has 7 heteroatoms. The minimum Gasteiger partial charge on any atom is -0.334 e. The number of aromatic nitrogens is 3. The second kappa shape index (κ2) is 5.44. The summed E-state index contributed by atoms with van der Waals surface area (Å²) in [5, 5.41) is 8.52. The Bertz CT molecular complexity index is 700. The number of carbonyl (C=O) groups excluding carboxylic acids is 1. The SMILES string of the molecule is CN(Cc1nnc2n1CCC2)C(=O)c1cc(Cl)ccc1F. The molecule has 0 radical (unpaired) electrons. The maximum absolute atomic E-state index is 13.7. The smallest absolute Gasteiger partial charge is 0.257 e. The van der Waals surface area contributed by atoms with Gasteiger partial charge < -0.3 is 9.47 Å². The van der Waals surface area contributed by atoms with E-state index in [1.807, 2.05) is 4.57 Å². The molecular weight excluding hydrogens is 295 g/mol. The number of benzene rings is 1. The minimum atomic E-state index is -0.581. The molecule has 0 atom stereocenters. The third kappa shape index (κ3) is 2.63. The van der Waals surface area contributed by atoms with Gasteiger partial charge >= 0.3 is 0 Å². The van der Waals surface area contributed by atoms with E-state index in [2.05, 4.69) is 10.2 Å². The Labute approximate surface area is 126 Å². The second-order valence-corrected chi connectivity index (χ2v) is 5.51. The molecule has 0 fully saturated rings. The van der Waals surface area contributed by atoms with E-state index in [0.29, 0.717) is 5.02 Å². The third-order valence-corrected chi connectivity index (χ3v) is 3.81. The zero-order valence-electron chi connectivity index (χ0n) is 11.5. The number of rotatable bonds is 3. The van der Waals surface area contributed by atoms with Crippen LogP contribution in [0.15, 0.2) is 18.2 Å². The average molecular weight is 309 g/mol. The molecule has 0 N–H and O–H groups in total. The average Bonchev–Trinajstić information content (AvgIpc) is 3.05. The molecule has 1 aromatic carbocycles. The van der Waals surface area contributed by atoms with E-state index in [9.17, 15) is 9.18 Å². The summed E-state index contributed by atoms with van der Waals surface area (Å²) in [6, 6.07) is 3.95. The highest BCUT2D eigenvalue weighted by atomic mass is 35.5. The van der Waals surface area contributed by atoms with Crippen molar-refractivity contribution in [2.75, 3.05) is 7.05 Å². The van der Waals surface area contributed by atoms with Crippen LogP contribution in [0.1, 0.15) is 28.4 Å². The minimum absolute atomic E-state index is 0.0360. The summed E-state index contributed by atoms with van der Waals surface area (Å²) < 4.78 is 15.8. The quantitative estimate of drug-likeness (QED) is 0.874. The summed E-state index contributed by atoms with van der Waals surface area (Å²) in [4.78, 5) is 13.7. The van der Waals surface area contributed by atoms with Crippen LogP contribution in [0.25, 0.3) is 0 Å². The van der Waals surface area contributed by atoms with Gasteiger partial charge in [0.25, 0.3) is 5.91 Å². The van der Waals surface area contributed by atoms with E-state index < -0.39 is 11.7 Å². The maximum atomic E-state index is 13.7. The molecule has 0 spiro atoms. The van der Waals surface area contributed by atoms with Gasteiger partial charge in [-0.05, 0) is 24.6 Å². The molecule has 1 aliphatic heterocycles. The predicted molar refractivity (Wildman–Crippen MR) is 75.6 cm³/mol. The van der Waals surface area contributed by atoms with Gasteiger partial charge in [0, 0.05) is 25.0 Å². The molecule has 21 heavy (non-hydrogen) atoms. The monoisotopic (exact) mass is 308 g/mol. The highest BCUT2D eigenvalue weighted by molar-refractivity contribution is 6.30. The van der Waals surface area contributed by atoms with Crippen molar-refractivity contribution in [2.45, 2.75) is 25.9 Å². The van der Waals surface area contributed by atoms with Crippen LogP contribution in [0.5, 0.6) is 0 Å². The Kier molecular flexibility index (Phi) is 3.63. The van der Waals surface area contributed by atoms with Crippen molar-refractivity contribution in [1.82, 2.24) is 19.7 Å². The maximum Gasteiger partial charge on any atom is 0.257 e. The molecule has 2 aromatic rings. The molecule has 5 nitrogen and oxygen atoms in total. The predicted octanol–water partition coefficient (Wildman–Crippen LogP) is 2.29. The number of fused-ring (bicyclic) bond motifs is 1. The van der Waals surface area contributed by atoms with Crippen molar-refractivity contribution in [2.24, 2.45) is 0 Å². The Hall–Kier alpha value is -1.95. The standard InChI is InChI=1S/C14H14ClFN4O/c1-19(8-13-18-17-12-3-2-6-20(12)13)14(21)10-7-9(15)4-5-11(10)16/h4-5,7H,2-3,6,8H2,1H3. The largest absolute Gasteiger partial charge is 0.334 e. The Morgan fingerprint density at radius 2 is 2.29 bits per heavy atom. The van der Waals surface area contributed by atoms with Gasteiger partial charge in [-0.1, -0.05) is 11.6 Å². The number of halogens is 2. The van der Waals surface area contributed by atoms with Gasteiger partial charge in [-0.15, -0.1) is 10.2 Å². The lowest BCUT2D eigenvalue weighted by molar-refractivity contribution is 0.0775. The van der Waals surface area contributed by atoms with Crippen LogP contribution >= 0.6 is 11.6 Å². The van der Waals surface area contributed by atoms with Gasteiger partial charge in [-0.2, -0.15) is 0 Å². The number of hydrogen-bond donors (Lipinski definition) is 0. The first-order valence-corrected chi connectivity index (χ1v) is 7.05. The first-order valence-electron chi connectivity index (χ1n) is 6.67. The van der Waals surface area contributed by atoms with Crippen molar-refractivity contribution >= 4 is 17.5 Å². The number of amides is 1. The molecule has 0 aliphatic carbocycles. The number of aryl methyl sites for hydroxylation is 1. The highest BCUT2D eigenvalue weighted by Crippen LogP contribution is 2.18. The lowest BCUT2D eigenvalue weighted by atomic mass is 10.2. The van der Waals surface area contributed by atoms with Crippen LogP contribution in [-0.2, 0) is 19.5 Å². The van der Waals surface area contributed by atoms with Crippen LogP contribution in [0.3, 0.4) is 0 Å². The van der Waals surface area contributed by atoms with Gasteiger partial charge in [0.2, 0.25) is 0 Å². The third-order valence-electron chi connectivity index (χ3n) is 3.57. The molecule has 1 aromatic heterocycles. The molecule has 0 bridgehead atoms. The van der Waals surface area contributed by atoms with Gasteiger partial charge in [0.1, 0.15) is 11.6 Å². The fourth-order valence-corrected chi connectivity index (χ4v) is 2.65. The Morgan fingerprint density at radius 3 is 3.10 bits per heavy atom. The van der Waals surface area contributed by atoms with Gasteiger partial charge in [0.15, 0.2) is 5.82 Å². The molecule has 1 aliphatic rings.